The Hall–Kier alpha value is -2.56. The number of ether oxygens (including phenoxy) is 1. The molecular weight excluding hydrogens is 254 g/mol. The van der Waals surface area contributed by atoms with Gasteiger partial charge in [-0.25, -0.2) is 4.98 Å². The van der Waals surface area contributed by atoms with Crippen molar-refractivity contribution in [1.82, 2.24) is 10.3 Å². The molecule has 1 aromatic heterocycles. The number of aryl methyl sites for hydroxylation is 1. The van der Waals surface area contributed by atoms with Gasteiger partial charge in [0.25, 0.3) is 5.91 Å². The van der Waals surface area contributed by atoms with Crippen molar-refractivity contribution in [3.63, 3.8) is 0 Å². The Morgan fingerprint density at radius 2 is 2.20 bits per heavy atom. The van der Waals surface area contributed by atoms with Gasteiger partial charge in [0.1, 0.15) is 18.2 Å². The summed E-state index contributed by atoms with van der Waals surface area (Å²) in [6, 6.07) is 10.9. The molecule has 3 rings (SSSR count). The number of aromatic nitrogens is 1. The number of anilines is 1. The van der Waals surface area contributed by atoms with Crippen LogP contribution in [0.25, 0.3) is 0 Å². The number of amides is 1. The van der Waals surface area contributed by atoms with Crippen molar-refractivity contribution in [3.05, 3.63) is 53.2 Å². The van der Waals surface area contributed by atoms with E-state index in [0.717, 1.165) is 17.0 Å². The Balaban J connectivity index is 1.80. The van der Waals surface area contributed by atoms with E-state index in [4.69, 9.17) is 10.5 Å². The largest absolute Gasteiger partial charge is 0.491 e. The maximum atomic E-state index is 12.3. The zero-order valence-corrected chi connectivity index (χ0v) is 11.1. The van der Waals surface area contributed by atoms with Gasteiger partial charge in [-0.15, -0.1) is 0 Å². The van der Waals surface area contributed by atoms with Crippen molar-refractivity contribution in [3.8, 4) is 5.75 Å². The molecule has 1 amide bonds. The summed E-state index contributed by atoms with van der Waals surface area (Å²) in [5.41, 5.74) is 7.90. The van der Waals surface area contributed by atoms with E-state index >= 15 is 0 Å². The molecule has 0 bridgehead atoms. The van der Waals surface area contributed by atoms with Gasteiger partial charge in [-0.05, 0) is 25.1 Å². The smallest absolute Gasteiger partial charge is 0.252 e. The van der Waals surface area contributed by atoms with Crippen molar-refractivity contribution in [1.29, 1.82) is 0 Å². The number of nitrogens with one attached hydrogen (secondary N) is 1. The molecular formula is C15H15N3O2. The van der Waals surface area contributed by atoms with Crippen LogP contribution >= 0.6 is 0 Å². The van der Waals surface area contributed by atoms with Gasteiger partial charge in [0.2, 0.25) is 0 Å². The molecule has 20 heavy (non-hydrogen) atoms. The Labute approximate surface area is 116 Å². The van der Waals surface area contributed by atoms with Gasteiger partial charge in [-0.1, -0.05) is 18.2 Å². The molecule has 1 unspecified atom stereocenters. The van der Waals surface area contributed by atoms with E-state index < -0.39 is 0 Å². The molecule has 0 saturated heterocycles. The maximum Gasteiger partial charge on any atom is 0.252 e. The number of hydrogen-bond acceptors (Lipinski definition) is 4. The fraction of sp³-hybridized carbons (Fsp3) is 0.200. The highest BCUT2D eigenvalue weighted by atomic mass is 16.5. The first kappa shape index (κ1) is 12.5. The Kier molecular flexibility index (Phi) is 3.02. The molecule has 0 aliphatic carbocycles. The number of carbonyl (C=O) groups excluding carboxylic acids is 1. The predicted molar refractivity (Wildman–Crippen MR) is 75.5 cm³/mol. The number of rotatable bonds is 2. The highest BCUT2D eigenvalue weighted by Crippen LogP contribution is 2.31. The summed E-state index contributed by atoms with van der Waals surface area (Å²) in [6.07, 6.45) is 0. The minimum Gasteiger partial charge on any atom is -0.491 e. The second-order valence-electron chi connectivity index (χ2n) is 4.80. The summed E-state index contributed by atoms with van der Waals surface area (Å²) in [7, 11) is 0. The standard InChI is InChI=1S/C15H15N3O2/c1-9-6-10(7-14(16)17-9)15(19)18-12-8-20-13-5-3-2-4-11(12)13/h2-7,12H,8H2,1H3,(H2,16,17)(H,18,19). The minimum absolute atomic E-state index is 0.131. The first-order chi connectivity index (χ1) is 9.63. The van der Waals surface area contributed by atoms with E-state index in [-0.39, 0.29) is 11.9 Å². The average molecular weight is 269 g/mol. The Morgan fingerprint density at radius 1 is 1.40 bits per heavy atom. The van der Waals surface area contributed by atoms with E-state index in [1.54, 1.807) is 19.1 Å². The zero-order valence-electron chi connectivity index (χ0n) is 11.1. The van der Waals surface area contributed by atoms with E-state index in [0.29, 0.717) is 18.0 Å². The van der Waals surface area contributed by atoms with Crippen LogP contribution < -0.4 is 15.8 Å². The lowest BCUT2D eigenvalue weighted by Crippen LogP contribution is -2.29. The molecule has 1 aliphatic rings. The number of fused-ring (bicyclic) bond motifs is 1. The lowest BCUT2D eigenvalue weighted by atomic mass is 10.1. The molecule has 2 heterocycles. The SMILES string of the molecule is Cc1cc(C(=O)NC2COc3ccccc32)cc(N)n1. The molecule has 1 aliphatic heterocycles. The lowest BCUT2D eigenvalue weighted by Gasteiger charge is -2.12. The first-order valence-electron chi connectivity index (χ1n) is 6.40. The van der Waals surface area contributed by atoms with E-state index in [2.05, 4.69) is 10.3 Å². The summed E-state index contributed by atoms with van der Waals surface area (Å²) in [6.45, 7) is 2.26. The van der Waals surface area contributed by atoms with Crippen molar-refractivity contribution < 1.29 is 9.53 Å². The van der Waals surface area contributed by atoms with Crippen LogP contribution in [0.2, 0.25) is 0 Å². The van der Waals surface area contributed by atoms with E-state index in [1.165, 1.54) is 0 Å². The van der Waals surface area contributed by atoms with Gasteiger partial charge >= 0.3 is 0 Å². The number of carbonyl (C=O) groups is 1. The van der Waals surface area contributed by atoms with Crippen LogP contribution in [0.15, 0.2) is 36.4 Å². The van der Waals surface area contributed by atoms with Crippen LogP contribution in [-0.2, 0) is 0 Å². The number of benzene rings is 1. The lowest BCUT2D eigenvalue weighted by molar-refractivity contribution is 0.0930. The van der Waals surface area contributed by atoms with Gasteiger partial charge in [-0.3, -0.25) is 4.79 Å². The zero-order chi connectivity index (χ0) is 14.1. The molecule has 5 heteroatoms. The summed E-state index contributed by atoms with van der Waals surface area (Å²) in [4.78, 5) is 16.3. The Morgan fingerprint density at radius 3 is 3.00 bits per heavy atom. The quantitative estimate of drug-likeness (QED) is 0.872. The predicted octanol–water partition coefficient (Wildman–Crippen LogP) is 1.84. The molecule has 1 atom stereocenters. The van der Waals surface area contributed by atoms with Crippen LogP contribution in [-0.4, -0.2) is 17.5 Å². The third kappa shape index (κ3) is 2.30. The second-order valence-corrected chi connectivity index (χ2v) is 4.80. The molecule has 0 radical (unpaired) electrons. The van der Waals surface area contributed by atoms with Crippen LogP contribution in [0.3, 0.4) is 0 Å². The van der Waals surface area contributed by atoms with E-state index in [9.17, 15) is 4.79 Å². The molecule has 0 spiro atoms. The van der Waals surface area contributed by atoms with Gasteiger partial charge in [0, 0.05) is 16.8 Å². The highest BCUT2D eigenvalue weighted by molar-refractivity contribution is 5.95. The molecule has 1 aromatic carbocycles. The molecule has 0 fully saturated rings. The normalized spacial score (nSPS) is 16.4. The average Bonchev–Trinajstić information content (AvgIpc) is 2.81. The van der Waals surface area contributed by atoms with Crippen LogP contribution in [0.4, 0.5) is 5.82 Å². The van der Waals surface area contributed by atoms with Crippen molar-refractivity contribution in [2.75, 3.05) is 12.3 Å². The summed E-state index contributed by atoms with van der Waals surface area (Å²) >= 11 is 0. The number of pyridine rings is 1. The molecule has 102 valence electrons. The number of para-hydroxylation sites is 1. The number of hydrogen-bond donors (Lipinski definition) is 2. The topological polar surface area (TPSA) is 77.2 Å². The Bertz CT molecular complexity index is 650. The van der Waals surface area contributed by atoms with Crippen LogP contribution in [0.5, 0.6) is 5.75 Å². The van der Waals surface area contributed by atoms with Gasteiger partial charge in [0.15, 0.2) is 0 Å². The first-order valence-corrected chi connectivity index (χ1v) is 6.40. The molecule has 3 N–H and O–H groups in total. The van der Waals surface area contributed by atoms with Crippen LogP contribution in [0, 0.1) is 6.92 Å². The summed E-state index contributed by atoms with van der Waals surface area (Å²) < 4.78 is 5.54. The molecule has 2 aromatic rings. The second kappa shape index (κ2) is 4.85. The number of nitrogen functional groups attached to an aromatic ring is 1. The highest BCUT2D eigenvalue weighted by Gasteiger charge is 2.25. The summed E-state index contributed by atoms with van der Waals surface area (Å²) in [5, 5.41) is 2.96. The van der Waals surface area contributed by atoms with Crippen LogP contribution in [0.1, 0.15) is 27.7 Å². The monoisotopic (exact) mass is 269 g/mol. The summed E-state index contributed by atoms with van der Waals surface area (Å²) in [5.74, 6) is 0.994. The van der Waals surface area contributed by atoms with Gasteiger partial charge in [0.05, 0.1) is 6.04 Å². The number of nitrogens with two attached hydrogens (primary N) is 1. The number of nitrogens with zero attached hydrogens (tertiary/aromatic N) is 1. The third-order valence-corrected chi connectivity index (χ3v) is 3.24. The molecule has 5 nitrogen and oxygen atoms in total. The fourth-order valence-corrected chi connectivity index (χ4v) is 2.35. The van der Waals surface area contributed by atoms with Crippen molar-refractivity contribution in [2.45, 2.75) is 13.0 Å². The molecule has 0 saturated carbocycles. The van der Waals surface area contributed by atoms with Crippen molar-refractivity contribution >= 4 is 11.7 Å². The third-order valence-electron chi connectivity index (χ3n) is 3.24. The minimum atomic E-state index is -0.174. The van der Waals surface area contributed by atoms with Gasteiger partial charge in [-0.2, -0.15) is 0 Å². The van der Waals surface area contributed by atoms with Crippen molar-refractivity contribution in [2.24, 2.45) is 0 Å². The maximum absolute atomic E-state index is 12.3. The fourth-order valence-electron chi connectivity index (χ4n) is 2.35. The van der Waals surface area contributed by atoms with Gasteiger partial charge < -0.3 is 15.8 Å². The van der Waals surface area contributed by atoms with E-state index in [1.807, 2.05) is 24.3 Å².